The van der Waals surface area contributed by atoms with E-state index in [4.69, 9.17) is 0 Å². The number of rotatable bonds is 8. The van der Waals surface area contributed by atoms with Crippen LogP contribution in [0.15, 0.2) is 29.4 Å². The van der Waals surface area contributed by atoms with Gasteiger partial charge in [-0.2, -0.15) is 0 Å². The van der Waals surface area contributed by atoms with Crippen molar-refractivity contribution in [3.63, 3.8) is 0 Å². The van der Waals surface area contributed by atoms with E-state index in [2.05, 4.69) is 37.5 Å². The minimum absolute atomic E-state index is 0.0296. The van der Waals surface area contributed by atoms with Gasteiger partial charge in [0.15, 0.2) is 0 Å². The molecule has 1 aromatic heterocycles. The zero-order chi connectivity index (χ0) is 19.9. The van der Waals surface area contributed by atoms with Crippen molar-refractivity contribution in [1.82, 2.24) is 15.2 Å². The number of carbonyl (C=O) groups excluding carboxylic acids is 1. The van der Waals surface area contributed by atoms with Gasteiger partial charge in [0.05, 0.1) is 5.75 Å². The summed E-state index contributed by atoms with van der Waals surface area (Å²) in [4.78, 5) is 19.2. The van der Waals surface area contributed by atoms with Crippen LogP contribution in [0.5, 0.6) is 0 Å². The number of nitrogens with zero attached hydrogens (tertiary/aromatic N) is 3. The van der Waals surface area contributed by atoms with Crippen LogP contribution in [0.25, 0.3) is 0 Å². The Morgan fingerprint density at radius 2 is 1.86 bits per heavy atom. The fraction of sp³-hybridized carbons (Fsp3) is 0.591. The highest BCUT2D eigenvalue weighted by molar-refractivity contribution is 7.99. The third-order valence-corrected chi connectivity index (χ3v) is 6.83. The van der Waals surface area contributed by atoms with E-state index >= 15 is 0 Å². The number of piperidine rings is 1. The fourth-order valence-corrected chi connectivity index (χ4v) is 4.95. The quantitative estimate of drug-likeness (QED) is 0.616. The van der Waals surface area contributed by atoms with Crippen molar-refractivity contribution < 1.29 is 4.79 Å². The van der Waals surface area contributed by atoms with Crippen molar-refractivity contribution >= 4 is 29.0 Å². The highest BCUT2D eigenvalue weighted by Crippen LogP contribution is 2.28. The van der Waals surface area contributed by atoms with Gasteiger partial charge in [-0.15, -0.1) is 5.10 Å². The van der Waals surface area contributed by atoms with Gasteiger partial charge in [0.1, 0.15) is 5.82 Å². The Bertz CT molecular complexity index is 779. The molecule has 0 atom stereocenters. The average Bonchev–Trinajstić information content (AvgIpc) is 3.44. The molecule has 1 amide bonds. The van der Waals surface area contributed by atoms with Crippen LogP contribution in [0, 0.1) is 5.92 Å². The van der Waals surface area contributed by atoms with Crippen molar-refractivity contribution in [2.75, 3.05) is 29.1 Å². The van der Waals surface area contributed by atoms with Crippen molar-refractivity contribution in [2.24, 2.45) is 5.92 Å². The molecule has 1 aromatic carbocycles. The number of aromatic amines is 1. The molecule has 0 bridgehead atoms. The lowest BCUT2D eigenvalue weighted by molar-refractivity contribution is -0.113. The molecule has 1 aliphatic heterocycles. The van der Waals surface area contributed by atoms with Gasteiger partial charge in [-0.3, -0.25) is 9.89 Å². The largest absolute Gasteiger partial charge is 0.372 e. The first-order chi connectivity index (χ1) is 14.3. The summed E-state index contributed by atoms with van der Waals surface area (Å²) in [6, 6.07) is 8.17. The molecule has 0 spiro atoms. The van der Waals surface area contributed by atoms with Crippen LogP contribution in [0.3, 0.4) is 0 Å². The highest BCUT2D eigenvalue weighted by Gasteiger charge is 2.16. The van der Waals surface area contributed by atoms with Crippen LogP contribution in [0.4, 0.5) is 11.4 Å². The predicted octanol–water partition coefficient (Wildman–Crippen LogP) is 4.65. The van der Waals surface area contributed by atoms with E-state index in [9.17, 15) is 4.79 Å². The van der Waals surface area contributed by atoms with E-state index in [1.165, 1.54) is 68.8 Å². The van der Waals surface area contributed by atoms with E-state index in [0.29, 0.717) is 10.9 Å². The normalized spacial score (nSPS) is 17.6. The summed E-state index contributed by atoms with van der Waals surface area (Å²) < 4.78 is 0. The topological polar surface area (TPSA) is 73.9 Å². The molecule has 2 fully saturated rings. The van der Waals surface area contributed by atoms with E-state index in [1.807, 2.05) is 12.1 Å². The van der Waals surface area contributed by atoms with E-state index < -0.39 is 0 Å². The molecular weight excluding hydrogens is 382 g/mol. The van der Waals surface area contributed by atoms with Crippen LogP contribution >= 0.6 is 11.8 Å². The number of thioether (sulfide) groups is 1. The number of carbonyl (C=O) groups is 1. The van der Waals surface area contributed by atoms with Gasteiger partial charge < -0.3 is 10.2 Å². The summed E-state index contributed by atoms with van der Waals surface area (Å²) in [5, 5.41) is 10.9. The van der Waals surface area contributed by atoms with E-state index in [-0.39, 0.29) is 5.91 Å². The summed E-state index contributed by atoms with van der Waals surface area (Å²) >= 11 is 1.38. The summed E-state index contributed by atoms with van der Waals surface area (Å²) in [7, 11) is 0. The molecular formula is C22H31N5OS. The third-order valence-electron chi connectivity index (χ3n) is 5.98. The minimum atomic E-state index is -0.0296. The summed E-state index contributed by atoms with van der Waals surface area (Å²) in [5.41, 5.74) is 2.08. The number of benzene rings is 1. The molecule has 2 aromatic rings. The molecule has 4 rings (SSSR count). The first-order valence-corrected chi connectivity index (χ1v) is 11.9. The maximum absolute atomic E-state index is 12.3. The lowest BCUT2D eigenvalue weighted by atomic mass is 10.0. The van der Waals surface area contributed by atoms with Gasteiger partial charge in [0, 0.05) is 30.9 Å². The van der Waals surface area contributed by atoms with E-state index in [0.717, 1.165) is 36.9 Å². The van der Waals surface area contributed by atoms with Gasteiger partial charge in [-0.05, 0) is 55.9 Å². The number of hydrogen-bond acceptors (Lipinski definition) is 5. The summed E-state index contributed by atoms with van der Waals surface area (Å²) in [5.74, 6) is 2.07. The number of aromatic nitrogens is 3. The number of aryl methyl sites for hydroxylation is 1. The first kappa shape index (κ1) is 20.3. The number of hydrogen-bond donors (Lipinski definition) is 2. The van der Waals surface area contributed by atoms with Crippen molar-refractivity contribution in [2.45, 2.75) is 62.9 Å². The second-order valence-electron chi connectivity index (χ2n) is 8.19. The Hall–Kier alpha value is -2.02. The number of nitrogens with one attached hydrogen (secondary N) is 2. The maximum atomic E-state index is 12.3. The van der Waals surface area contributed by atoms with Gasteiger partial charge in [-0.25, -0.2) is 4.98 Å². The van der Waals surface area contributed by atoms with Gasteiger partial charge in [0.2, 0.25) is 11.1 Å². The van der Waals surface area contributed by atoms with Gasteiger partial charge >= 0.3 is 0 Å². The molecule has 6 nitrogen and oxygen atoms in total. The van der Waals surface area contributed by atoms with Crippen LogP contribution in [-0.4, -0.2) is 39.9 Å². The lowest BCUT2D eigenvalue weighted by Gasteiger charge is -2.28. The molecule has 2 aliphatic rings. The fourth-order valence-electron chi connectivity index (χ4n) is 4.33. The van der Waals surface area contributed by atoms with Crippen molar-refractivity contribution in [1.29, 1.82) is 0 Å². The summed E-state index contributed by atoms with van der Waals surface area (Å²) in [6.45, 7) is 2.25. The Balaban J connectivity index is 1.19. The minimum Gasteiger partial charge on any atom is -0.372 e. The zero-order valence-corrected chi connectivity index (χ0v) is 17.8. The van der Waals surface area contributed by atoms with Crippen LogP contribution in [-0.2, 0) is 11.2 Å². The molecule has 156 valence electrons. The second-order valence-corrected chi connectivity index (χ2v) is 9.13. The molecule has 7 heteroatoms. The van der Waals surface area contributed by atoms with E-state index in [1.54, 1.807) is 0 Å². The third kappa shape index (κ3) is 5.98. The lowest BCUT2D eigenvalue weighted by Crippen LogP contribution is -2.29. The smallest absolute Gasteiger partial charge is 0.234 e. The SMILES string of the molecule is O=C(CSc1n[nH]c(CCC2CCCC2)n1)Nc1ccc(N2CCCCC2)cc1. The monoisotopic (exact) mass is 413 g/mol. The second kappa shape index (κ2) is 10.1. The Morgan fingerprint density at radius 1 is 1.10 bits per heavy atom. The molecule has 1 saturated carbocycles. The molecule has 1 saturated heterocycles. The Labute approximate surface area is 177 Å². The van der Waals surface area contributed by atoms with Crippen molar-refractivity contribution in [3.8, 4) is 0 Å². The molecule has 2 N–H and O–H groups in total. The molecule has 2 heterocycles. The average molecular weight is 414 g/mol. The Kier molecular flexibility index (Phi) is 7.09. The van der Waals surface area contributed by atoms with Gasteiger partial charge in [0.25, 0.3) is 0 Å². The summed E-state index contributed by atoms with van der Waals surface area (Å²) in [6.07, 6.45) is 11.5. The molecule has 29 heavy (non-hydrogen) atoms. The van der Waals surface area contributed by atoms with Crippen LogP contribution in [0.1, 0.15) is 57.2 Å². The number of H-pyrrole nitrogens is 1. The molecule has 1 aliphatic carbocycles. The van der Waals surface area contributed by atoms with Gasteiger partial charge in [-0.1, -0.05) is 37.4 Å². The Morgan fingerprint density at radius 3 is 2.62 bits per heavy atom. The zero-order valence-electron chi connectivity index (χ0n) is 17.0. The molecule has 0 radical (unpaired) electrons. The number of amides is 1. The van der Waals surface area contributed by atoms with Crippen molar-refractivity contribution in [3.05, 3.63) is 30.1 Å². The van der Waals surface area contributed by atoms with Crippen LogP contribution < -0.4 is 10.2 Å². The standard InChI is InChI=1S/C22H31N5OS/c28-21(23-18-9-11-19(12-10-18)27-14-4-1-5-15-27)16-29-22-24-20(25-26-22)13-8-17-6-2-3-7-17/h9-12,17H,1-8,13-16H2,(H,23,28)(H,24,25,26). The predicted molar refractivity (Wildman–Crippen MR) is 119 cm³/mol. The molecule has 0 unspecified atom stereocenters. The number of anilines is 2. The van der Waals surface area contributed by atoms with Crippen LogP contribution in [0.2, 0.25) is 0 Å². The maximum Gasteiger partial charge on any atom is 0.234 e. The first-order valence-electron chi connectivity index (χ1n) is 11.0. The highest BCUT2D eigenvalue weighted by atomic mass is 32.2.